The number of benzene rings is 1. The lowest BCUT2D eigenvalue weighted by Gasteiger charge is -2.06. The fraction of sp³-hybridized carbons (Fsp3) is 0.0769. The minimum atomic E-state index is -0.581. The maximum absolute atomic E-state index is 13.3. The van der Waals surface area contributed by atoms with Gasteiger partial charge in [-0.15, -0.1) is 0 Å². The Labute approximate surface area is 109 Å². The first-order chi connectivity index (χ1) is 9.14. The second kappa shape index (κ2) is 6.40. The third kappa shape index (κ3) is 3.56. The minimum Gasteiger partial charge on any atom is -0.345 e. The fourth-order valence-electron chi connectivity index (χ4n) is 1.34. The summed E-state index contributed by atoms with van der Waals surface area (Å²) in [5, 5.41) is 37.2. The van der Waals surface area contributed by atoms with Crippen molar-refractivity contribution in [2.75, 3.05) is 5.32 Å². The quantitative estimate of drug-likeness (QED) is 0.828. The zero-order valence-electron chi connectivity index (χ0n) is 9.61. The lowest BCUT2D eigenvalue weighted by molar-refractivity contribution is 0.627. The molecular weight excluding hydrogens is 245 g/mol. The van der Waals surface area contributed by atoms with Gasteiger partial charge in [-0.25, -0.2) is 4.39 Å². The second-order valence-electron chi connectivity index (χ2n) is 3.39. The van der Waals surface area contributed by atoms with Crippen molar-refractivity contribution in [3.8, 4) is 24.3 Å². The molecule has 0 heterocycles. The molecule has 0 radical (unpaired) electrons. The number of rotatable bonds is 3. The molecule has 0 saturated heterocycles. The third-order valence-corrected chi connectivity index (χ3v) is 2.10. The monoisotopic (exact) mass is 251 g/mol. The van der Waals surface area contributed by atoms with E-state index < -0.39 is 11.4 Å². The number of halogens is 1. The van der Waals surface area contributed by atoms with Gasteiger partial charge in [0.25, 0.3) is 0 Å². The lowest BCUT2D eigenvalue weighted by Crippen LogP contribution is -2.01. The minimum absolute atomic E-state index is 0.0153. The van der Waals surface area contributed by atoms with Crippen LogP contribution in [0.15, 0.2) is 29.5 Å². The predicted octanol–water partition coefficient (Wildman–Crippen LogP) is 2.13. The van der Waals surface area contributed by atoms with Gasteiger partial charge < -0.3 is 5.32 Å². The van der Waals surface area contributed by atoms with Gasteiger partial charge in [-0.3, -0.25) is 0 Å². The Balaban J connectivity index is 3.18. The predicted molar refractivity (Wildman–Crippen MR) is 63.2 cm³/mol. The highest BCUT2D eigenvalue weighted by Gasteiger charge is 2.07. The van der Waals surface area contributed by atoms with Gasteiger partial charge in [0.05, 0.1) is 12.5 Å². The molecule has 0 fully saturated rings. The van der Waals surface area contributed by atoms with E-state index >= 15 is 0 Å². The van der Waals surface area contributed by atoms with Crippen molar-refractivity contribution in [1.82, 2.24) is 0 Å². The summed E-state index contributed by atoms with van der Waals surface area (Å²) in [6, 6.07) is 10.4. The van der Waals surface area contributed by atoms with E-state index in [0.717, 1.165) is 6.07 Å². The van der Waals surface area contributed by atoms with Crippen molar-refractivity contribution < 1.29 is 4.39 Å². The van der Waals surface area contributed by atoms with Crippen LogP contribution < -0.4 is 5.32 Å². The Morgan fingerprint density at radius 3 is 2.26 bits per heavy atom. The molecule has 6 heteroatoms. The summed E-state index contributed by atoms with van der Waals surface area (Å²) in [5.41, 5.74) is -0.0327. The molecular formula is C13H6FN5. The summed E-state index contributed by atoms with van der Waals surface area (Å²) < 4.78 is 13.3. The highest BCUT2D eigenvalue weighted by atomic mass is 19.1. The average molecular weight is 251 g/mol. The Morgan fingerprint density at radius 1 is 1.05 bits per heavy atom. The van der Waals surface area contributed by atoms with E-state index in [1.807, 2.05) is 6.07 Å². The molecule has 0 saturated carbocycles. The van der Waals surface area contributed by atoms with E-state index in [2.05, 4.69) is 5.32 Å². The smallest absolute Gasteiger partial charge is 0.163 e. The van der Waals surface area contributed by atoms with Crippen molar-refractivity contribution in [2.45, 2.75) is 6.42 Å². The Bertz CT molecular complexity index is 676. The van der Waals surface area contributed by atoms with Gasteiger partial charge >= 0.3 is 0 Å². The molecule has 1 rings (SSSR count). The van der Waals surface area contributed by atoms with E-state index in [0.29, 0.717) is 5.56 Å². The molecule has 5 nitrogen and oxygen atoms in total. The van der Waals surface area contributed by atoms with Gasteiger partial charge in [0, 0.05) is 5.69 Å². The number of nitrogens with zero attached hydrogens (tertiary/aromatic N) is 4. The molecule has 0 aliphatic heterocycles. The Hall–Kier alpha value is -3.35. The first-order valence-electron chi connectivity index (χ1n) is 5.02. The highest BCUT2D eigenvalue weighted by molar-refractivity contribution is 5.59. The lowest BCUT2D eigenvalue weighted by atomic mass is 10.1. The molecule has 19 heavy (non-hydrogen) atoms. The molecule has 1 N–H and O–H groups in total. The van der Waals surface area contributed by atoms with Gasteiger partial charge in [0.1, 0.15) is 29.7 Å². The zero-order chi connectivity index (χ0) is 14.3. The molecule has 90 valence electrons. The van der Waals surface area contributed by atoms with Crippen molar-refractivity contribution in [3.63, 3.8) is 0 Å². The number of allylic oxidation sites excluding steroid dienone is 2. The van der Waals surface area contributed by atoms with Crippen LogP contribution in [0.5, 0.6) is 0 Å². The van der Waals surface area contributed by atoms with Gasteiger partial charge in [-0.2, -0.15) is 21.0 Å². The molecule has 0 amide bonds. The van der Waals surface area contributed by atoms with Crippen LogP contribution >= 0.6 is 0 Å². The summed E-state index contributed by atoms with van der Waals surface area (Å²) >= 11 is 0. The van der Waals surface area contributed by atoms with E-state index in [1.54, 1.807) is 18.2 Å². The molecule has 1 aromatic carbocycles. The van der Waals surface area contributed by atoms with Crippen molar-refractivity contribution in [2.24, 2.45) is 0 Å². The summed E-state index contributed by atoms with van der Waals surface area (Å²) in [6.07, 6.45) is 0.0153. The van der Waals surface area contributed by atoms with Crippen LogP contribution in [0.25, 0.3) is 0 Å². The summed E-state index contributed by atoms with van der Waals surface area (Å²) in [4.78, 5) is 0. The second-order valence-corrected chi connectivity index (χ2v) is 3.39. The fourth-order valence-corrected chi connectivity index (χ4v) is 1.34. The van der Waals surface area contributed by atoms with Gasteiger partial charge in [0.15, 0.2) is 5.57 Å². The van der Waals surface area contributed by atoms with E-state index in [4.69, 9.17) is 21.0 Å². The van der Waals surface area contributed by atoms with Crippen LogP contribution in [0, 0.1) is 51.1 Å². The SMILES string of the molecule is N#CCc1cc(F)cc(NC(C#N)=C(C#N)C#N)c1. The topological polar surface area (TPSA) is 107 Å². The standard InChI is InChI=1S/C13H6FN5/c14-11-3-9(1-2-15)4-12(5-11)19-13(8-18)10(6-16)7-17/h3-5,19H,1H2. The number of nitriles is 4. The van der Waals surface area contributed by atoms with Crippen LogP contribution in [-0.4, -0.2) is 0 Å². The van der Waals surface area contributed by atoms with Crippen molar-refractivity contribution in [1.29, 1.82) is 21.0 Å². The first kappa shape index (κ1) is 13.7. The molecule has 1 aromatic rings. The van der Waals surface area contributed by atoms with Crippen molar-refractivity contribution in [3.05, 3.63) is 40.8 Å². The van der Waals surface area contributed by atoms with Crippen LogP contribution in [0.4, 0.5) is 10.1 Å². The molecule has 0 unspecified atom stereocenters. The highest BCUT2D eigenvalue weighted by Crippen LogP contribution is 2.17. The number of anilines is 1. The molecule has 0 atom stereocenters. The zero-order valence-corrected chi connectivity index (χ0v) is 9.61. The molecule has 0 aliphatic carbocycles. The van der Waals surface area contributed by atoms with Crippen molar-refractivity contribution >= 4 is 5.69 Å². The average Bonchev–Trinajstić information content (AvgIpc) is 2.38. The van der Waals surface area contributed by atoms with Gasteiger partial charge in [-0.1, -0.05) is 0 Å². The van der Waals surface area contributed by atoms with Gasteiger partial charge in [-0.05, 0) is 23.8 Å². The summed E-state index contributed by atoms with van der Waals surface area (Å²) in [7, 11) is 0. The first-order valence-corrected chi connectivity index (χ1v) is 5.02. The largest absolute Gasteiger partial charge is 0.345 e. The summed E-state index contributed by atoms with van der Waals surface area (Å²) in [6.45, 7) is 0. The normalized spacial score (nSPS) is 8.26. The van der Waals surface area contributed by atoms with Crippen LogP contribution in [0.2, 0.25) is 0 Å². The van der Waals surface area contributed by atoms with Crippen LogP contribution in [0.1, 0.15) is 5.56 Å². The molecule has 0 bridgehead atoms. The Kier molecular flexibility index (Phi) is 4.62. The number of nitrogens with one attached hydrogen (secondary N) is 1. The van der Waals surface area contributed by atoms with Crippen LogP contribution in [0.3, 0.4) is 0 Å². The summed E-state index contributed by atoms with van der Waals surface area (Å²) in [5.74, 6) is -0.581. The number of hydrogen-bond donors (Lipinski definition) is 1. The van der Waals surface area contributed by atoms with E-state index in [-0.39, 0.29) is 17.8 Å². The molecule has 0 spiro atoms. The third-order valence-electron chi connectivity index (χ3n) is 2.10. The maximum Gasteiger partial charge on any atom is 0.163 e. The van der Waals surface area contributed by atoms with E-state index in [9.17, 15) is 4.39 Å². The van der Waals surface area contributed by atoms with Gasteiger partial charge in [0.2, 0.25) is 0 Å². The Morgan fingerprint density at radius 2 is 1.74 bits per heavy atom. The maximum atomic E-state index is 13.3. The molecule has 0 aliphatic rings. The number of hydrogen-bond acceptors (Lipinski definition) is 5. The van der Waals surface area contributed by atoms with E-state index in [1.165, 1.54) is 12.1 Å². The molecule has 0 aromatic heterocycles. The van der Waals surface area contributed by atoms with Crippen LogP contribution in [-0.2, 0) is 6.42 Å².